The molecule has 0 bridgehead atoms. The van der Waals surface area contributed by atoms with Crippen molar-refractivity contribution in [2.24, 2.45) is 0 Å². The number of carbonyl (C=O) groups is 1. The van der Waals surface area contributed by atoms with Gasteiger partial charge in [0.15, 0.2) is 0 Å². The first kappa shape index (κ1) is 23.1. The van der Waals surface area contributed by atoms with E-state index in [0.29, 0.717) is 12.5 Å². The third-order valence-corrected chi connectivity index (χ3v) is 4.69. The predicted octanol–water partition coefficient (Wildman–Crippen LogP) is 5.02. The van der Waals surface area contributed by atoms with Crippen LogP contribution in [0.2, 0.25) is 0 Å². The van der Waals surface area contributed by atoms with Crippen LogP contribution in [0.15, 0.2) is 24.3 Å². The van der Waals surface area contributed by atoms with E-state index in [1.807, 2.05) is 45.0 Å². The first-order valence-electron chi connectivity index (χ1n) is 10.3. The van der Waals surface area contributed by atoms with Crippen LogP contribution in [0.5, 0.6) is 5.75 Å². The topological polar surface area (TPSA) is 48.0 Å². The number of benzene rings is 1. The van der Waals surface area contributed by atoms with E-state index in [4.69, 9.17) is 14.2 Å². The number of nitrogens with zero attached hydrogens (tertiary/aromatic N) is 1. The van der Waals surface area contributed by atoms with Crippen LogP contribution in [0.25, 0.3) is 0 Å². The lowest BCUT2D eigenvalue weighted by Gasteiger charge is -2.39. The highest BCUT2D eigenvalue weighted by molar-refractivity contribution is 5.68. The molecule has 0 atom stereocenters. The molecule has 2 rings (SSSR count). The second kappa shape index (κ2) is 9.54. The molecule has 1 saturated carbocycles. The summed E-state index contributed by atoms with van der Waals surface area (Å²) in [6.07, 6.45) is 2.55. The Morgan fingerprint density at radius 3 is 2.24 bits per heavy atom. The molecule has 0 radical (unpaired) electrons. The Kier molecular flexibility index (Phi) is 7.60. The number of ether oxygens (including phenoxy) is 3. The third-order valence-electron chi connectivity index (χ3n) is 4.69. The van der Waals surface area contributed by atoms with Gasteiger partial charge in [0.2, 0.25) is 0 Å². The normalized spacial score (nSPS) is 18.9. The van der Waals surface area contributed by atoms with Crippen LogP contribution in [0, 0.1) is 11.8 Å². The number of carbonyl (C=O) groups excluding carboxylic acids is 1. The van der Waals surface area contributed by atoms with Crippen LogP contribution in [-0.4, -0.2) is 48.0 Å². The smallest absolute Gasteiger partial charge is 0.409 e. The van der Waals surface area contributed by atoms with Gasteiger partial charge < -0.3 is 19.1 Å². The molecule has 0 aromatic heterocycles. The lowest BCUT2D eigenvalue weighted by Crippen LogP contribution is -2.43. The predicted molar refractivity (Wildman–Crippen MR) is 115 cm³/mol. The molecule has 160 valence electrons. The number of hydrogen-bond donors (Lipinski definition) is 0. The molecule has 0 unspecified atom stereocenters. The van der Waals surface area contributed by atoms with Crippen LogP contribution in [0.4, 0.5) is 4.79 Å². The molecule has 5 nitrogen and oxygen atoms in total. The maximum absolute atomic E-state index is 11.9. The first-order valence-corrected chi connectivity index (χ1v) is 10.3. The van der Waals surface area contributed by atoms with Gasteiger partial charge >= 0.3 is 6.09 Å². The van der Waals surface area contributed by atoms with E-state index in [0.717, 1.165) is 24.2 Å². The van der Waals surface area contributed by atoms with E-state index in [-0.39, 0.29) is 29.9 Å². The SMILES string of the molecule is CN(C(=O)OCCC#Cc1ccc(OC2CC(OC(C)(C)C)C2)cc1)C(C)(C)C. The molecule has 0 heterocycles. The number of amides is 1. The summed E-state index contributed by atoms with van der Waals surface area (Å²) in [6.45, 7) is 12.4. The van der Waals surface area contributed by atoms with Crippen molar-refractivity contribution >= 4 is 6.09 Å². The van der Waals surface area contributed by atoms with E-state index in [1.54, 1.807) is 11.9 Å². The summed E-state index contributed by atoms with van der Waals surface area (Å²) in [5.41, 5.74) is 0.557. The van der Waals surface area contributed by atoms with Crippen molar-refractivity contribution in [3.8, 4) is 17.6 Å². The third kappa shape index (κ3) is 7.98. The monoisotopic (exact) mass is 401 g/mol. The number of hydrogen-bond acceptors (Lipinski definition) is 4. The molecular weight excluding hydrogens is 366 g/mol. The lowest BCUT2D eigenvalue weighted by molar-refractivity contribution is -0.126. The van der Waals surface area contributed by atoms with Crippen molar-refractivity contribution < 1.29 is 19.0 Å². The second-order valence-corrected chi connectivity index (χ2v) is 9.48. The molecule has 1 amide bonds. The van der Waals surface area contributed by atoms with Crippen LogP contribution in [-0.2, 0) is 9.47 Å². The van der Waals surface area contributed by atoms with Gasteiger partial charge in [-0.05, 0) is 65.8 Å². The minimum atomic E-state index is -0.327. The zero-order chi connectivity index (χ0) is 21.7. The quantitative estimate of drug-likeness (QED) is 0.513. The van der Waals surface area contributed by atoms with E-state index < -0.39 is 0 Å². The minimum absolute atomic E-state index is 0.100. The molecule has 1 aliphatic rings. The van der Waals surface area contributed by atoms with Crippen molar-refractivity contribution in [3.05, 3.63) is 29.8 Å². The van der Waals surface area contributed by atoms with E-state index in [1.165, 1.54) is 0 Å². The van der Waals surface area contributed by atoms with Gasteiger partial charge in [-0.1, -0.05) is 11.8 Å². The van der Waals surface area contributed by atoms with E-state index >= 15 is 0 Å². The summed E-state index contributed by atoms with van der Waals surface area (Å²) in [5, 5.41) is 0. The van der Waals surface area contributed by atoms with Crippen LogP contribution in [0.3, 0.4) is 0 Å². The van der Waals surface area contributed by atoms with Gasteiger partial charge in [0.25, 0.3) is 0 Å². The summed E-state index contributed by atoms with van der Waals surface area (Å²) in [4.78, 5) is 13.5. The molecular formula is C24H35NO4. The van der Waals surface area contributed by atoms with Gasteiger partial charge in [-0.15, -0.1) is 0 Å². The Morgan fingerprint density at radius 1 is 1.07 bits per heavy atom. The average molecular weight is 402 g/mol. The molecule has 0 aliphatic heterocycles. The first-order chi connectivity index (χ1) is 13.4. The summed E-state index contributed by atoms with van der Waals surface area (Å²) in [7, 11) is 1.74. The van der Waals surface area contributed by atoms with Gasteiger partial charge in [0.1, 0.15) is 18.5 Å². The Labute approximate surface area is 175 Å². The highest BCUT2D eigenvalue weighted by Crippen LogP contribution is 2.31. The van der Waals surface area contributed by atoms with E-state index in [9.17, 15) is 4.79 Å². The van der Waals surface area contributed by atoms with Crippen LogP contribution in [0.1, 0.15) is 66.4 Å². The van der Waals surface area contributed by atoms with Gasteiger partial charge in [-0.25, -0.2) is 4.79 Å². The molecule has 29 heavy (non-hydrogen) atoms. The molecule has 5 heteroatoms. The van der Waals surface area contributed by atoms with Crippen molar-refractivity contribution in [1.29, 1.82) is 0 Å². The molecule has 0 saturated heterocycles. The summed E-state index contributed by atoms with van der Waals surface area (Å²) >= 11 is 0. The van der Waals surface area contributed by atoms with Gasteiger partial charge in [0.05, 0.1) is 11.7 Å². The fourth-order valence-corrected chi connectivity index (χ4v) is 2.74. The molecule has 1 aromatic rings. The highest BCUT2D eigenvalue weighted by atomic mass is 16.6. The van der Waals surface area contributed by atoms with Crippen LogP contribution < -0.4 is 4.74 Å². The minimum Gasteiger partial charge on any atom is -0.490 e. The largest absolute Gasteiger partial charge is 0.490 e. The van der Waals surface area contributed by atoms with Crippen molar-refractivity contribution in [2.75, 3.05) is 13.7 Å². The molecule has 0 spiro atoms. The van der Waals surface area contributed by atoms with Crippen LogP contribution >= 0.6 is 0 Å². The number of rotatable bonds is 5. The van der Waals surface area contributed by atoms with Gasteiger partial charge in [0, 0.05) is 37.4 Å². The Balaban J connectivity index is 1.69. The zero-order valence-corrected chi connectivity index (χ0v) is 18.9. The Bertz CT molecular complexity index is 725. The average Bonchev–Trinajstić information content (AvgIpc) is 2.58. The lowest BCUT2D eigenvalue weighted by atomic mass is 9.91. The molecule has 1 aliphatic carbocycles. The summed E-state index contributed by atoms with van der Waals surface area (Å²) < 4.78 is 17.2. The standard InChI is InChI=1S/C24H35NO4/c1-23(2,3)25(7)22(26)27-15-9-8-10-18-11-13-19(14-12-18)28-20-16-21(17-20)29-24(4,5)6/h11-14,20-21H,9,15-17H2,1-7H3. The molecule has 1 fully saturated rings. The fourth-order valence-electron chi connectivity index (χ4n) is 2.74. The van der Waals surface area contributed by atoms with Crippen molar-refractivity contribution in [2.45, 2.75) is 84.2 Å². The molecule has 1 aromatic carbocycles. The zero-order valence-electron chi connectivity index (χ0n) is 18.9. The fraction of sp³-hybridized carbons (Fsp3) is 0.625. The second-order valence-electron chi connectivity index (χ2n) is 9.48. The van der Waals surface area contributed by atoms with Crippen molar-refractivity contribution in [3.63, 3.8) is 0 Å². The molecule has 0 N–H and O–H groups in total. The Hall–Kier alpha value is -2.19. The maximum atomic E-state index is 11.9. The Morgan fingerprint density at radius 2 is 1.69 bits per heavy atom. The van der Waals surface area contributed by atoms with Gasteiger partial charge in [-0.3, -0.25) is 0 Å². The summed E-state index contributed by atoms with van der Waals surface area (Å²) in [5.74, 6) is 6.99. The van der Waals surface area contributed by atoms with Gasteiger partial charge in [-0.2, -0.15) is 0 Å². The highest BCUT2D eigenvalue weighted by Gasteiger charge is 2.34. The van der Waals surface area contributed by atoms with E-state index in [2.05, 4.69) is 32.6 Å². The summed E-state index contributed by atoms with van der Waals surface area (Å²) in [6, 6.07) is 7.79. The van der Waals surface area contributed by atoms with Crippen molar-refractivity contribution in [1.82, 2.24) is 4.90 Å². The maximum Gasteiger partial charge on any atom is 0.409 e.